The highest BCUT2D eigenvalue weighted by Crippen LogP contribution is 2.32. The van der Waals surface area contributed by atoms with E-state index in [0.717, 1.165) is 16.7 Å². The molecule has 1 N–H and O–H groups in total. The molecular weight excluding hydrogens is 234 g/mol. The first-order valence-electron chi connectivity index (χ1n) is 5.76. The predicted molar refractivity (Wildman–Crippen MR) is 63.3 cm³/mol. The summed E-state index contributed by atoms with van der Waals surface area (Å²) in [6.07, 6.45) is 0.462. The summed E-state index contributed by atoms with van der Waals surface area (Å²) >= 11 is 0. The lowest BCUT2D eigenvalue weighted by Crippen LogP contribution is -2.50. The second kappa shape index (κ2) is 3.81. The Labute approximate surface area is 103 Å². The molecule has 2 aromatic rings. The Morgan fingerprint density at radius 1 is 1.50 bits per heavy atom. The highest BCUT2D eigenvalue weighted by Gasteiger charge is 2.46. The van der Waals surface area contributed by atoms with Crippen LogP contribution in [-0.2, 0) is 16.0 Å². The molecule has 0 spiro atoms. The van der Waals surface area contributed by atoms with Gasteiger partial charge in [-0.3, -0.25) is 4.79 Å². The number of carbonyl (C=O) groups is 1. The number of oxazole rings is 1. The van der Waals surface area contributed by atoms with E-state index in [1.807, 2.05) is 18.2 Å². The summed E-state index contributed by atoms with van der Waals surface area (Å²) in [5, 5.41) is 9.25. The first kappa shape index (κ1) is 11.2. The van der Waals surface area contributed by atoms with Crippen molar-refractivity contribution in [3.63, 3.8) is 0 Å². The molecule has 0 aliphatic carbocycles. The van der Waals surface area contributed by atoms with Gasteiger partial charge in [-0.05, 0) is 24.1 Å². The lowest BCUT2D eigenvalue weighted by atomic mass is 9.80. The fraction of sp³-hybridized carbons (Fsp3) is 0.385. The predicted octanol–water partition coefficient (Wildman–Crippen LogP) is 1.78. The molecule has 0 amide bonds. The largest absolute Gasteiger partial charge is 0.481 e. The third-order valence-electron chi connectivity index (χ3n) is 3.31. The minimum Gasteiger partial charge on any atom is -0.481 e. The van der Waals surface area contributed by atoms with E-state index in [4.69, 9.17) is 9.15 Å². The molecule has 0 saturated carbocycles. The average Bonchev–Trinajstić information content (AvgIpc) is 2.62. The highest BCUT2D eigenvalue weighted by atomic mass is 16.5. The molecule has 1 fully saturated rings. The summed E-state index contributed by atoms with van der Waals surface area (Å²) in [7, 11) is 0. The standard InChI is InChI=1S/C13H13NO4/c1-8-14-10-4-9(2-3-11(10)18-8)5-13(12(15)16)6-17-7-13/h2-4H,5-7H2,1H3,(H,15,16). The second-order valence-electron chi connectivity index (χ2n) is 4.79. The Balaban J connectivity index is 1.92. The molecule has 5 heteroatoms. The third-order valence-corrected chi connectivity index (χ3v) is 3.31. The van der Waals surface area contributed by atoms with E-state index in [1.54, 1.807) is 6.92 Å². The van der Waals surface area contributed by atoms with Gasteiger partial charge in [-0.15, -0.1) is 0 Å². The highest BCUT2D eigenvalue weighted by molar-refractivity contribution is 5.77. The van der Waals surface area contributed by atoms with Crippen LogP contribution in [0.4, 0.5) is 0 Å². The fourth-order valence-electron chi connectivity index (χ4n) is 2.24. The quantitative estimate of drug-likeness (QED) is 0.895. The number of hydrogen-bond donors (Lipinski definition) is 1. The molecule has 1 saturated heterocycles. The fourth-order valence-corrected chi connectivity index (χ4v) is 2.24. The van der Waals surface area contributed by atoms with Gasteiger partial charge >= 0.3 is 5.97 Å². The van der Waals surface area contributed by atoms with Crippen LogP contribution in [0.1, 0.15) is 11.5 Å². The molecule has 3 rings (SSSR count). The van der Waals surface area contributed by atoms with Crippen molar-refractivity contribution in [3.8, 4) is 0 Å². The van der Waals surface area contributed by atoms with Crippen molar-refractivity contribution in [2.45, 2.75) is 13.3 Å². The van der Waals surface area contributed by atoms with Gasteiger partial charge in [0.2, 0.25) is 0 Å². The minimum absolute atomic E-state index is 0.276. The Bertz CT molecular complexity index is 612. The third kappa shape index (κ3) is 1.67. The zero-order chi connectivity index (χ0) is 12.8. The smallest absolute Gasteiger partial charge is 0.314 e. The molecule has 1 aliphatic heterocycles. The van der Waals surface area contributed by atoms with E-state index in [-0.39, 0.29) is 13.2 Å². The molecule has 0 radical (unpaired) electrons. The van der Waals surface area contributed by atoms with Gasteiger partial charge in [0.15, 0.2) is 11.5 Å². The molecule has 94 valence electrons. The molecular formula is C13H13NO4. The van der Waals surface area contributed by atoms with Crippen LogP contribution in [0.5, 0.6) is 0 Å². The molecule has 2 heterocycles. The summed E-state index contributed by atoms with van der Waals surface area (Å²) in [5.41, 5.74) is 1.67. The van der Waals surface area contributed by atoms with Crippen molar-refractivity contribution >= 4 is 17.1 Å². The lowest BCUT2D eigenvalue weighted by Gasteiger charge is -2.37. The van der Waals surface area contributed by atoms with Crippen LogP contribution in [0.3, 0.4) is 0 Å². The van der Waals surface area contributed by atoms with E-state index >= 15 is 0 Å². The maximum Gasteiger partial charge on any atom is 0.314 e. The molecule has 0 unspecified atom stereocenters. The monoisotopic (exact) mass is 247 g/mol. The number of ether oxygens (including phenoxy) is 1. The number of aromatic nitrogens is 1. The van der Waals surface area contributed by atoms with Crippen molar-refractivity contribution < 1.29 is 19.1 Å². The van der Waals surface area contributed by atoms with Crippen LogP contribution in [0.2, 0.25) is 0 Å². The summed E-state index contributed by atoms with van der Waals surface area (Å²) in [6.45, 7) is 2.34. The summed E-state index contributed by atoms with van der Waals surface area (Å²) in [4.78, 5) is 15.5. The average molecular weight is 247 g/mol. The Morgan fingerprint density at radius 2 is 2.28 bits per heavy atom. The SMILES string of the molecule is Cc1nc2cc(CC3(C(=O)O)COC3)ccc2o1. The zero-order valence-electron chi connectivity index (χ0n) is 9.97. The van der Waals surface area contributed by atoms with Gasteiger partial charge in [0.05, 0.1) is 13.2 Å². The summed E-state index contributed by atoms with van der Waals surface area (Å²) < 4.78 is 10.4. The van der Waals surface area contributed by atoms with Crippen molar-refractivity contribution in [2.75, 3.05) is 13.2 Å². The molecule has 5 nitrogen and oxygen atoms in total. The number of benzene rings is 1. The van der Waals surface area contributed by atoms with Crippen LogP contribution >= 0.6 is 0 Å². The van der Waals surface area contributed by atoms with Crippen LogP contribution in [0, 0.1) is 12.3 Å². The Hall–Kier alpha value is -1.88. The van der Waals surface area contributed by atoms with Crippen molar-refractivity contribution in [3.05, 3.63) is 29.7 Å². The normalized spacial score (nSPS) is 17.6. The minimum atomic E-state index is -0.801. The Kier molecular flexibility index (Phi) is 2.38. The molecule has 18 heavy (non-hydrogen) atoms. The number of rotatable bonds is 3. The number of fused-ring (bicyclic) bond motifs is 1. The van der Waals surface area contributed by atoms with Crippen molar-refractivity contribution in [1.82, 2.24) is 4.98 Å². The second-order valence-corrected chi connectivity index (χ2v) is 4.79. The number of aryl methyl sites for hydroxylation is 1. The molecule has 1 aromatic carbocycles. The van der Waals surface area contributed by atoms with Gasteiger partial charge in [-0.2, -0.15) is 0 Å². The van der Waals surface area contributed by atoms with E-state index < -0.39 is 11.4 Å². The number of aliphatic carboxylic acids is 1. The Morgan fingerprint density at radius 3 is 2.89 bits per heavy atom. The lowest BCUT2D eigenvalue weighted by molar-refractivity contribution is -0.179. The molecule has 0 bridgehead atoms. The number of hydrogen-bond acceptors (Lipinski definition) is 4. The first-order chi connectivity index (χ1) is 8.59. The van der Waals surface area contributed by atoms with Crippen LogP contribution in [0.25, 0.3) is 11.1 Å². The van der Waals surface area contributed by atoms with Gasteiger partial charge in [0.25, 0.3) is 0 Å². The van der Waals surface area contributed by atoms with E-state index in [2.05, 4.69) is 4.98 Å². The van der Waals surface area contributed by atoms with E-state index in [1.165, 1.54) is 0 Å². The number of nitrogens with zero attached hydrogens (tertiary/aromatic N) is 1. The van der Waals surface area contributed by atoms with Crippen LogP contribution in [-0.4, -0.2) is 29.3 Å². The summed E-state index contributed by atoms with van der Waals surface area (Å²) in [5.74, 6) is -0.188. The van der Waals surface area contributed by atoms with E-state index in [9.17, 15) is 9.90 Å². The van der Waals surface area contributed by atoms with Crippen LogP contribution in [0.15, 0.2) is 22.6 Å². The molecule has 0 atom stereocenters. The maximum atomic E-state index is 11.3. The van der Waals surface area contributed by atoms with Crippen molar-refractivity contribution in [1.29, 1.82) is 0 Å². The van der Waals surface area contributed by atoms with Gasteiger partial charge < -0.3 is 14.3 Å². The topological polar surface area (TPSA) is 72.6 Å². The maximum absolute atomic E-state index is 11.3. The van der Waals surface area contributed by atoms with Crippen molar-refractivity contribution in [2.24, 2.45) is 5.41 Å². The molecule has 1 aromatic heterocycles. The van der Waals surface area contributed by atoms with Gasteiger partial charge in [0, 0.05) is 6.92 Å². The zero-order valence-corrected chi connectivity index (χ0v) is 9.97. The number of carboxylic acids is 1. The summed E-state index contributed by atoms with van der Waals surface area (Å²) in [6, 6.07) is 5.60. The van der Waals surface area contributed by atoms with Gasteiger partial charge in [-0.25, -0.2) is 4.98 Å². The van der Waals surface area contributed by atoms with Gasteiger partial charge in [0.1, 0.15) is 10.9 Å². The van der Waals surface area contributed by atoms with Crippen LogP contribution < -0.4 is 0 Å². The first-order valence-corrected chi connectivity index (χ1v) is 5.76. The molecule has 1 aliphatic rings. The van der Waals surface area contributed by atoms with Gasteiger partial charge in [-0.1, -0.05) is 6.07 Å². The van der Waals surface area contributed by atoms with E-state index in [0.29, 0.717) is 12.3 Å². The number of carboxylic acid groups (broad SMARTS) is 1.